The van der Waals surface area contributed by atoms with Gasteiger partial charge in [-0.1, -0.05) is 31.9 Å². The van der Waals surface area contributed by atoms with Crippen LogP contribution in [0.1, 0.15) is 39.0 Å². The normalized spacial score (nSPS) is 10.4. The highest BCUT2D eigenvalue weighted by Gasteiger charge is 1.83. The summed E-state index contributed by atoms with van der Waals surface area (Å²) in [6, 6.07) is 0. The van der Waals surface area contributed by atoms with Crippen LogP contribution in [-0.4, -0.2) is 13.1 Å². The number of hydrogen-bond acceptors (Lipinski definition) is 2. The summed E-state index contributed by atoms with van der Waals surface area (Å²) in [6.45, 7) is 3.23. The van der Waals surface area contributed by atoms with E-state index in [-0.39, 0.29) is 0 Å². The number of hydrogen-bond donors (Lipinski definition) is 0. The zero-order valence-electron chi connectivity index (χ0n) is 7.79. The van der Waals surface area contributed by atoms with Crippen molar-refractivity contribution >= 4 is 6.47 Å². The molecule has 0 aliphatic heterocycles. The molecule has 0 heterocycles. The highest BCUT2D eigenvalue weighted by molar-refractivity contribution is 5.36. The second kappa shape index (κ2) is 10.2. The molecular formula is C10H18O2. The molecule has 0 N–H and O–H groups in total. The van der Waals surface area contributed by atoms with Crippen LogP contribution in [0.25, 0.3) is 0 Å². The molecule has 0 atom stereocenters. The largest absolute Gasteiger partial charge is 0.468 e. The van der Waals surface area contributed by atoms with Gasteiger partial charge in [0.1, 0.15) is 0 Å². The van der Waals surface area contributed by atoms with E-state index >= 15 is 0 Å². The van der Waals surface area contributed by atoms with Gasteiger partial charge in [0.15, 0.2) is 0 Å². The molecule has 0 aliphatic carbocycles. The van der Waals surface area contributed by atoms with Crippen molar-refractivity contribution in [2.24, 2.45) is 0 Å². The molecule has 0 saturated heterocycles. The van der Waals surface area contributed by atoms with Gasteiger partial charge in [-0.25, -0.2) is 0 Å². The van der Waals surface area contributed by atoms with Crippen molar-refractivity contribution in [3.8, 4) is 0 Å². The van der Waals surface area contributed by atoms with Gasteiger partial charge in [-0.15, -0.1) is 0 Å². The Bertz CT molecular complexity index is 119. The van der Waals surface area contributed by atoms with Gasteiger partial charge < -0.3 is 4.74 Å². The van der Waals surface area contributed by atoms with Crippen LogP contribution in [0.2, 0.25) is 0 Å². The lowest BCUT2D eigenvalue weighted by Crippen LogP contribution is -1.89. The smallest absolute Gasteiger partial charge is 0.293 e. The Morgan fingerprint density at radius 1 is 1.17 bits per heavy atom. The molecule has 0 spiro atoms. The van der Waals surface area contributed by atoms with Gasteiger partial charge in [0.2, 0.25) is 0 Å². The lowest BCUT2D eigenvalue weighted by atomic mass is 10.2. The summed E-state index contributed by atoms with van der Waals surface area (Å²) in [5.74, 6) is 0. The Kier molecular flexibility index (Phi) is 9.54. The topological polar surface area (TPSA) is 26.3 Å². The minimum absolute atomic E-state index is 0.501. The van der Waals surface area contributed by atoms with E-state index in [2.05, 4.69) is 23.8 Å². The summed E-state index contributed by atoms with van der Waals surface area (Å²) in [4.78, 5) is 9.74. The number of ether oxygens (including phenoxy) is 1. The molecule has 2 heteroatoms. The quantitative estimate of drug-likeness (QED) is 0.318. The zero-order chi connectivity index (χ0) is 9.07. The fraction of sp³-hybridized carbons (Fsp3) is 0.700. The van der Waals surface area contributed by atoms with Gasteiger partial charge in [0.05, 0.1) is 6.61 Å². The third kappa shape index (κ3) is 9.21. The fourth-order valence-electron chi connectivity index (χ4n) is 0.890. The first kappa shape index (κ1) is 11.2. The number of unbranched alkanes of at least 4 members (excludes halogenated alkanes) is 3. The maximum Gasteiger partial charge on any atom is 0.293 e. The van der Waals surface area contributed by atoms with Gasteiger partial charge in [-0.3, -0.25) is 4.79 Å². The first-order valence-electron chi connectivity index (χ1n) is 4.62. The molecule has 0 aromatic carbocycles. The third-order valence-corrected chi connectivity index (χ3v) is 1.59. The van der Waals surface area contributed by atoms with Crippen molar-refractivity contribution in [2.75, 3.05) is 6.61 Å². The van der Waals surface area contributed by atoms with Crippen LogP contribution in [0.3, 0.4) is 0 Å². The summed E-state index contributed by atoms with van der Waals surface area (Å²) in [6.07, 6.45) is 9.98. The lowest BCUT2D eigenvalue weighted by molar-refractivity contribution is -0.128. The average molecular weight is 170 g/mol. The second-order valence-electron chi connectivity index (χ2n) is 2.72. The van der Waals surface area contributed by atoms with E-state index < -0.39 is 0 Å². The first-order valence-corrected chi connectivity index (χ1v) is 4.62. The highest BCUT2D eigenvalue weighted by Crippen LogP contribution is 1.97. The van der Waals surface area contributed by atoms with Crippen molar-refractivity contribution < 1.29 is 9.53 Å². The monoisotopic (exact) mass is 170 g/mol. The number of allylic oxidation sites excluding steroid dienone is 2. The average Bonchev–Trinajstić information content (AvgIpc) is 2.10. The molecule has 0 bridgehead atoms. The van der Waals surface area contributed by atoms with Gasteiger partial charge in [0, 0.05) is 0 Å². The fourth-order valence-corrected chi connectivity index (χ4v) is 0.890. The predicted octanol–water partition coefficient (Wildman–Crippen LogP) is 2.69. The van der Waals surface area contributed by atoms with E-state index in [0.717, 1.165) is 12.8 Å². The van der Waals surface area contributed by atoms with Crippen LogP contribution in [-0.2, 0) is 9.53 Å². The Labute approximate surface area is 74.6 Å². The van der Waals surface area contributed by atoms with Crippen molar-refractivity contribution in [3.05, 3.63) is 12.2 Å². The van der Waals surface area contributed by atoms with Crippen LogP contribution in [0, 0.1) is 0 Å². The molecule has 0 unspecified atom stereocenters. The van der Waals surface area contributed by atoms with Crippen LogP contribution >= 0.6 is 0 Å². The summed E-state index contributed by atoms with van der Waals surface area (Å²) in [5.41, 5.74) is 0. The molecular weight excluding hydrogens is 152 g/mol. The maximum absolute atomic E-state index is 9.74. The standard InChI is InChI=1S/C10H18O2/c1-2-3-4-5-6-7-8-9-12-10-11/h5-6,10H,2-4,7-9H2,1H3/b6-5-. The molecule has 0 radical (unpaired) electrons. The molecule has 0 aromatic heterocycles. The number of carbonyl (C=O) groups is 1. The van der Waals surface area contributed by atoms with Gasteiger partial charge in [-0.05, 0) is 19.3 Å². The molecule has 70 valence electrons. The van der Waals surface area contributed by atoms with Crippen LogP contribution in [0.15, 0.2) is 12.2 Å². The second-order valence-corrected chi connectivity index (χ2v) is 2.72. The number of carbonyl (C=O) groups excluding carboxylic acids is 1. The molecule has 0 fully saturated rings. The predicted molar refractivity (Wildman–Crippen MR) is 49.9 cm³/mol. The van der Waals surface area contributed by atoms with Crippen molar-refractivity contribution in [3.63, 3.8) is 0 Å². The van der Waals surface area contributed by atoms with Crippen molar-refractivity contribution in [2.45, 2.75) is 39.0 Å². The highest BCUT2D eigenvalue weighted by atomic mass is 16.5. The molecule has 2 nitrogen and oxygen atoms in total. The Morgan fingerprint density at radius 3 is 2.42 bits per heavy atom. The molecule has 12 heavy (non-hydrogen) atoms. The van der Waals surface area contributed by atoms with Crippen molar-refractivity contribution in [1.29, 1.82) is 0 Å². The van der Waals surface area contributed by atoms with Gasteiger partial charge in [0.25, 0.3) is 6.47 Å². The van der Waals surface area contributed by atoms with Crippen molar-refractivity contribution in [1.82, 2.24) is 0 Å². The van der Waals surface area contributed by atoms with E-state index in [0.29, 0.717) is 13.1 Å². The van der Waals surface area contributed by atoms with E-state index in [1.807, 2.05) is 0 Å². The zero-order valence-corrected chi connectivity index (χ0v) is 7.79. The third-order valence-electron chi connectivity index (χ3n) is 1.59. The SMILES string of the molecule is CCCC/C=C\CCCOC=O. The number of rotatable bonds is 8. The maximum atomic E-state index is 9.74. The lowest BCUT2D eigenvalue weighted by Gasteiger charge is -1.93. The van der Waals surface area contributed by atoms with Crippen LogP contribution < -0.4 is 0 Å². The summed E-state index contributed by atoms with van der Waals surface area (Å²) in [7, 11) is 0. The molecule has 0 saturated carbocycles. The van der Waals surface area contributed by atoms with Gasteiger partial charge >= 0.3 is 0 Å². The summed E-state index contributed by atoms with van der Waals surface area (Å²) >= 11 is 0. The van der Waals surface area contributed by atoms with E-state index in [1.54, 1.807) is 0 Å². The minimum Gasteiger partial charge on any atom is -0.468 e. The molecule has 0 rings (SSSR count). The Hall–Kier alpha value is -0.790. The summed E-state index contributed by atoms with van der Waals surface area (Å²) < 4.78 is 4.55. The minimum atomic E-state index is 0.501. The van der Waals surface area contributed by atoms with E-state index in [4.69, 9.17) is 0 Å². The molecule has 0 aromatic rings. The van der Waals surface area contributed by atoms with E-state index in [1.165, 1.54) is 19.3 Å². The molecule has 0 aliphatic rings. The van der Waals surface area contributed by atoms with E-state index in [9.17, 15) is 4.79 Å². The Balaban J connectivity index is 2.97. The first-order chi connectivity index (χ1) is 5.91. The summed E-state index contributed by atoms with van der Waals surface area (Å²) in [5, 5.41) is 0. The van der Waals surface area contributed by atoms with Gasteiger partial charge in [-0.2, -0.15) is 0 Å². The Morgan fingerprint density at radius 2 is 1.83 bits per heavy atom. The molecule has 0 amide bonds. The van der Waals surface area contributed by atoms with Crippen LogP contribution in [0.4, 0.5) is 0 Å². The van der Waals surface area contributed by atoms with Crippen LogP contribution in [0.5, 0.6) is 0 Å².